The summed E-state index contributed by atoms with van der Waals surface area (Å²) in [6.07, 6.45) is 3.80. The molecule has 2 nitrogen and oxygen atoms in total. The summed E-state index contributed by atoms with van der Waals surface area (Å²) in [6.45, 7) is 0. The number of benzene rings is 3. The van der Waals surface area contributed by atoms with Crippen LogP contribution in [0.1, 0.15) is 0 Å². The van der Waals surface area contributed by atoms with E-state index in [2.05, 4.69) is 40.3 Å². The van der Waals surface area contributed by atoms with Crippen LogP contribution in [0.5, 0.6) is 0 Å². The minimum Gasteiger partial charge on any atom is -0.256 e. The predicted octanol–water partition coefficient (Wildman–Crippen LogP) is 6.77. The first-order chi connectivity index (χ1) is 13.3. The number of pyridine rings is 2. The Morgan fingerprint density at radius 2 is 1.00 bits per heavy atom. The number of halogens is 1. The zero-order valence-electron chi connectivity index (χ0n) is 14.4. The Morgan fingerprint density at radius 3 is 1.52 bits per heavy atom. The number of aromatic nitrogens is 2. The van der Waals surface area contributed by atoms with E-state index in [-0.39, 0.29) is 0 Å². The fourth-order valence-corrected chi connectivity index (χ4v) is 3.62. The molecule has 0 bridgehead atoms. The van der Waals surface area contributed by atoms with E-state index in [9.17, 15) is 0 Å². The molecule has 5 aromatic rings. The minimum absolute atomic E-state index is 0.698. The first kappa shape index (κ1) is 16.0. The van der Waals surface area contributed by atoms with Gasteiger partial charge in [-0.25, -0.2) is 0 Å². The van der Waals surface area contributed by atoms with E-state index >= 15 is 0 Å². The minimum atomic E-state index is 0.698. The van der Waals surface area contributed by atoms with Crippen molar-refractivity contribution in [1.82, 2.24) is 9.97 Å². The molecule has 128 valence electrons. The molecule has 0 N–H and O–H groups in total. The number of rotatable bonds is 2. The lowest BCUT2D eigenvalue weighted by atomic mass is 9.99. The maximum atomic E-state index is 6.45. The van der Waals surface area contributed by atoms with Crippen molar-refractivity contribution in [3.8, 4) is 22.3 Å². The largest absolute Gasteiger partial charge is 0.256 e. The van der Waals surface area contributed by atoms with E-state index in [4.69, 9.17) is 11.6 Å². The summed E-state index contributed by atoms with van der Waals surface area (Å²) in [4.78, 5) is 9.15. The SMILES string of the molecule is Clc1cc(-c2cnc3ccccc3c2)cc(-c2cnc3ccccc3c2)c1. The molecule has 0 spiro atoms. The maximum Gasteiger partial charge on any atom is 0.0702 e. The second-order valence-corrected chi connectivity index (χ2v) is 7.00. The van der Waals surface area contributed by atoms with Crippen molar-refractivity contribution in [2.24, 2.45) is 0 Å². The van der Waals surface area contributed by atoms with Crippen LogP contribution < -0.4 is 0 Å². The van der Waals surface area contributed by atoms with Crippen molar-refractivity contribution in [2.75, 3.05) is 0 Å². The third-order valence-corrected chi connectivity index (χ3v) is 4.96. The molecule has 27 heavy (non-hydrogen) atoms. The van der Waals surface area contributed by atoms with Gasteiger partial charge in [-0.3, -0.25) is 9.97 Å². The molecule has 0 aliphatic heterocycles. The van der Waals surface area contributed by atoms with Crippen LogP contribution in [0.15, 0.2) is 91.3 Å². The summed E-state index contributed by atoms with van der Waals surface area (Å²) in [5, 5.41) is 2.93. The second-order valence-electron chi connectivity index (χ2n) is 6.56. The molecule has 2 heterocycles. The van der Waals surface area contributed by atoms with Crippen LogP contribution in [0.3, 0.4) is 0 Å². The first-order valence-corrected chi connectivity index (χ1v) is 9.15. The van der Waals surface area contributed by atoms with Gasteiger partial charge in [-0.05, 0) is 53.6 Å². The molecule has 3 heteroatoms. The van der Waals surface area contributed by atoms with Gasteiger partial charge in [-0.15, -0.1) is 0 Å². The quantitative estimate of drug-likeness (QED) is 0.344. The molecule has 0 unspecified atom stereocenters. The van der Waals surface area contributed by atoms with Gasteiger partial charge in [0.1, 0.15) is 0 Å². The Morgan fingerprint density at radius 1 is 0.519 bits per heavy atom. The molecule has 0 radical (unpaired) electrons. The van der Waals surface area contributed by atoms with Crippen LogP contribution in [-0.2, 0) is 0 Å². The molecule has 0 atom stereocenters. The van der Waals surface area contributed by atoms with E-state index in [1.54, 1.807) is 0 Å². The molecular weight excluding hydrogens is 352 g/mol. The lowest BCUT2D eigenvalue weighted by Crippen LogP contribution is -1.87. The summed E-state index contributed by atoms with van der Waals surface area (Å²) in [5.41, 5.74) is 6.16. The summed E-state index contributed by atoms with van der Waals surface area (Å²) in [7, 11) is 0. The summed E-state index contributed by atoms with van der Waals surface area (Å²) in [5.74, 6) is 0. The molecule has 0 amide bonds. The average molecular weight is 367 g/mol. The van der Waals surface area contributed by atoms with Gasteiger partial charge < -0.3 is 0 Å². The van der Waals surface area contributed by atoms with Crippen LogP contribution >= 0.6 is 11.6 Å². The standard InChI is InChI=1S/C24H15ClN2/c25-22-12-18(20-9-16-5-1-3-7-23(16)26-14-20)11-19(13-22)21-10-17-6-2-4-8-24(17)27-15-21/h1-15H. The van der Waals surface area contributed by atoms with Gasteiger partial charge in [0.25, 0.3) is 0 Å². The number of nitrogens with zero attached hydrogens (tertiary/aromatic N) is 2. The fourth-order valence-electron chi connectivity index (χ4n) is 3.38. The topological polar surface area (TPSA) is 25.8 Å². The van der Waals surface area contributed by atoms with E-state index in [1.807, 2.05) is 60.9 Å². The summed E-state index contributed by atoms with van der Waals surface area (Å²) >= 11 is 6.45. The van der Waals surface area contributed by atoms with Crippen molar-refractivity contribution in [1.29, 1.82) is 0 Å². The van der Waals surface area contributed by atoms with Crippen LogP contribution in [-0.4, -0.2) is 9.97 Å². The lowest BCUT2D eigenvalue weighted by molar-refractivity contribution is 1.40. The highest BCUT2D eigenvalue weighted by Crippen LogP contribution is 2.32. The van der Waals surface area contributed by atoms with Crippen LogP contribution in [0.25, 0.3) is 44.1 Å². The van der Waals surface area contributed by atoms with Gasteiger partial charge in [0, 0.05) is 39.3 Å². The molecule has 0 aliphatic carbocycles. The van der Waals surface area contributed by atoms with Crippen LogP contribution in [0.4, 0.5) is 0 Å². The van der Waals surface area contributed by atoms with Gasteiger partial charge in [0.2, 0.25) is 0 Å². The number of hydrogen-bond donors (Lipinski definition) is 0. The molecule has 5 rings (SSSR count). The Kier molecular flexibility index (Phi) is 3.84. The molecule has 0 aliphatic rings. The second kappa shape index (κ2) is 6.49. The lowest BCUT2D eigenvalue weighted by Gasteiger charge is -2.09. The smallest absolute Gasteiger partial charge is 0.0702 e. The molecule has 2 aromatic heterocycles. The Bertz CT molecular complexity index is 1200. The number of hydrogen-bond acceptors (Lipinski definition) is 2. The van der Waals surface area contributed by atoms with Crippen LogP contribution in [0.2, 0.25) is 5.02 Å². The van der Waals surface area contributed by atoms with Gasteiger partial charge in [0.05, 0.1) is 11.0 Å². The number of fused-ring (bicyclic) bond motifs is 2. The molecular formula is C24H15ClN2. The van der Waals surface area contributed by atoms with Crippen molar-refractivity contribution >= 4 is 33.4 Å². The highest BCUT2D eigenvalue weighted by Gasteiger charge is 2.07. The van der Waals surface area contributed by atoms with E-state index in [0.717, 1.165) is 44.1 Å². The van der Waals surface area contributed by atoms with E-state index in [0.29, 0.717) is 5.02 Å². The van der Waals surface area contributed by atoms with E-state index < -0.39 is 0 Å². The first-order valence-electron chi connectivity index (χ1n) is 8.77. The third kappa shape index (κ3) is 3.05. The van der Waals surface area contributed by atoms with E-state index in [1.165, 1.54) is 0 Å². The van der Waals surface area contributed by atoms with Gasteiger partial charge in [0.15, 0.2) is 0 Å². The maximum absolute atomic E-state index is 6.45. The predicted molar refractivity (Wildman–Crippen MR) is 113 cm³/mol. The fraction of sp³-hybridized carbons (Fsp3) is 0. The van der Waals surface area contributed by atoms with Crippen molar-refractivity contribution in [2.45, 2.75) is 0 Å². The molecule has 0 fully saturated rings. The van der Waals surface area contributed by atoms with Gasteiger partial charge in [-0.2, -0.15) is 0 Å². The molecule has 3 aromatic carbocycles. The zero-order valence-corrected chi connectivity index (χ0v) is 15.2. The van der Waals surface area contributed by atoms with Crippen molar-refractivity contribution in [3.63, 3.8) is 0 Å². The Labute approximate surface area is 162 Å². The van der Waals surface area contributed by atoms with Crippen LogP contribution in [0, 0.1) is 0 Å². The van der Waals surface area contributed by atoms with Gasteiger partial charge in [-0.1, -0.05) is 48.0 Å². The highest BCUT2D eigenvalue weighted by atomic mass is 35.5. The number of para-hydroxylation sites is 2. The average Bonchev–Trinajstić information content (AvgIpc) is 2.72. The third-order valence-electron chi connectivity index (χ3n) is 4.75. The zero-order chi connectivity index (χ0) is 18.2. The van der Waals surface area contributed by atoms with Gasteiger partial charge >= 0.3 is 0 Å². The summed E-state index contributed by atoms with van der Waals surface area (Å²) < 4.78 is 0. The summed E-state index contributed by atoms with van der Waals surface area (Å²) in [6, 6.07) is 26.6. The van der Waals surface area contributed by atoms with Crippen molar-refractivity contribution in [3.05, 3.63) is 96.3 Å². The molecule has 0 saturated heterocycles. The molecule has 0 saturated carbocycles. The monoisotopic (exact) mass is 366 g/mol. The van der Waals surface area contributed by atoms with Crippen molar-refractivity contribution < 1.29 is 0 Å². The normalized spacial score (nSPS) is 11.1. The Balaban J connectivity index is 1.64. The Hall–Kier alpha value is -3.23. The highest BCUT2D eigenvalue weighted by molar-refractivity contribution is 6.31.